The minimum atomic E-state index is -3.44. The molecule has 0 saturated heterocycles. The van der Waals surface area contributed by atoms with Gasteiger partial charge < -0.3 is 0 Å². The molecule has 0 spiro atoms. The maximum Gasteiger partial charge on any atom is 0.216 e. The van der Waals surface area contributed by atoms with Crippen LogP contribution in [0.25, 0.3) is 0 Å². The molecule has 0 aliphatic rings. The Bertz CT molecular complexity index is 654. The number of halogens is 1. The fourth-order valence-electron chi connectivity index (χ4n) is 1.92. The van der Waals surface area contributed by atoms with Crippen molar-refractivity contribution in [3.05, 3.63) is 71.5 Å². The molecule has 2 rings (SSSR count). The predicted molar refractivity (Wildman–Crippen MR) is 77.0 cm³/mol. The normalized spacial score (nSPS) is 13.1. The molecule has 0 saturated carbocycles. The zero-order valence-electron chi connectivity index (χ0n) is 11.1. The standard InChI is InChI=1S/C15H16FNO2S/c1-12(14-7-9-15(16)10-8-14)17-20(18,19)11-13-5-3-2-4-6-13/h2-10,12,17H,11H2,1H3/t12-/m0/s1. The zero-order valence-corrected chi connectivity index (χ0v) is 11.9. The first-order valence-corrected chi connectivity index (χ1v) is 7.91. The van der Waals surface area contributed by atoms with Crippen LogP contribution in [0.5, 0.6) is 0 Å². The topological polar surface area (TPSA) is 46.2 Å². The Labute approximate surface area is 118 Å². The monoisotopic (exact) mass is 293 g/mol. The molecular weight excluding hydrogens is 277 g/mol. The second kappa shape index (κ2) is 6.15. The van der Waals surface area contributed by atoms with Crippen molar-refractivity contribution >= 4 is 10.0 Å². The molecule has 1 N–H and O–H groups in total. The summed E-state index contributed by atoms with van der Waals surface area (Å²) in [6, 6.07) is 14.4. The van der Waals surface area contributed by atoms with Gasteiger partial charge in [-0.3, -0.25) is 0 Å². The first kappa shape index (κ1) is 14.7. The quantitative estimate of drug-likeness (QED) is 0.921. The zero-order chi connectivity index (χ0) is 14.6. The van der Waals surface area contributed by atoms with E-state index in [0.29, 0.717) is 0 Å². The SMILES string of the molecule is C[C@H](NS(=O)(=O)Cc1ccccc1)c1ccc(F)cc1. The molecule has 0 aromatic heterocycles. The van der Waals surface area contributed by atoms with Gasteiger partial charge in [0.2, 0.25) is 10.0 Å². The third-order valence-electron chi connectivity index (χ3n) is 2.93. The van der Waals surface area contributed by atoms with Crippen LogP contribution in [-0.4, -0.2) is 8.42 Å². The van der Waals surface area contributed by atoms with E-state index >= 15 is 0 Å². The lowest BCUT2D eigenvalue weighted by atomic mass is 10.1. The van der Waals surface area contributed by atoms with Gasteiger partial charge in [0, 0.05) is 6.04 Å². The Balaban J connectivity index is 2.06. The lowest BCUT2D eigenvalue weighted by Gasteiger charge is -2.14. The van der Waals surface area contributed by atoms with Crippen LogP contribution >= 0.6 is 0 Å². The van der Waals surface area contributed by atoms with Crippen LogP contribution in [0.4, 0.5) is 4.39 Å². The number of benzene rings is 2. The van der Waals surface area contributed by atoms with Crippen molar-refractivity contribution in [1.29, 1.82) is 0 Å². The molecule has 0 unspecified atom stereocenters. The van der Waals surface area contributed by atoms with Gasteiger partial charge in [0.05, 0.1) is 5.75 Å². The van der Waals surface area contributed by atoms with E-state index in [1.807, 2.05) is 6.07 Å². The van der Waals surface area contributed by atoms with E-state index in [9.17, 15) is 12.8 Å². The lowest BCUT2D eigenvalue weighted by Crippen LogP contribution is -2.28. The van der Waals surface area contributed by atoms with Gasteiger partial charge in [-0.15, -0.1) is 0 Å². The summed E-state index contributed by atoms with van der Waals surface area (Å²) in [5.41, 5.74) is 1.45. The second-order valence-corrected chi connectivity index (χ2v) is 6.39. The molecule has 106 valence electrons. The van der Waals surface area contributed by atoms with Crippen LogP contribution < -0.4 is 4.72 Å². The Kier molecular flexibility index (Phi) is 4.52. The van der Waals surface area contributed by atoms with Gasteiger partial charge in [-0.2, -0.15) is 0 Å². The molecule has 0 aliphatic heterocycles. The number of rotatable bonds is 5. The molecule has 0 amide bonds. The molecular formula is C15H16FNO2S. The molecule has 0 fully saturated rings. The summed E-state index contributed by atoms with van der Waals surface area (Å²) < 4.78 is 39.6. The molecule has 2 aromatic carbocycles. The summed E-state index contributed by atoms with van der Waals surface area (Å²) in [4.78, 5) is 0. The van der Waals surface area contributed by atoms with Crippen molar-refractivity contribution in [2.24, 2.45) is 0 Å². The van der Waals surface area contributed by atoms with Crippen LogP contribution in [0, 0.1) is 5.82 Å². The highest BCUT2D eigenvalue weighted by atomic mass is 32.2. The summed E-state index contributed by atoms with van der Waals surface area (Å²) >= 11 is 0. The third-order valence-corrected chi connectivity index (χ3v) is 4.35. The van der Waals surface area contributed by atoms with E-state index in [0.717, 1.165) is 11.1 Å². The first-order valence-electron chi connectivity index (χ1n) is 6.26. The van der Waals surface area contributed by atoms with Crippen molar-refractivity contribution in [2.75, 3.05) is 0 Å². The van der Waals surface area contributed by atoms with E-state index < -0.39 is 16.1 Å². The molecule has 5 heteroatoms. The van der Waals surface area contributed by atoms with Crippen LogP contribution in [-0.2, 0) is 15.8 Å². The van der Waals surface area contributed by atoms with Gasteiger partial charge >= 0.3 is 0 Å². The maximum atomic E-state index is 12.8. The van der Waals surface area contributed by atoms with Gasteiger partial charge in [0.15, 0.2) is 0 Å². The van der Waals surface area contributed by atoms with Crippen molar-refractivity contribution < 1.29 is 12.8 Å². The van der Waals surface area contributed by atoms with E-state index in [4.69, 9.17) is 0 Å². The molecule has 1 atom stereocenters. The fourth-order valence-corrected chi connectivity index (χ4v) is 3.31. The van der Waals surface area contributed by atoms with Crippen molar-refractivity contribution in [1.82, 2.24) is 4.72 Å². The summed E-state index contributed by atoms with van der Waals surface area (Å²) in [7, 11) is -3.44. The van der Waals surface area contributed by atoms with Crippen LogP contribution in [0.2, 0.25) is 0 Å². The molecule has 2 aromatic rings. The molecule has 0 radical (unpaired) electrons. The predicted octanol–water partition coefficient (Wildman–Crippen LogP) is 3.01. The van der Waals surface area contributed by atoms with E-state index in [2.05, 4.69) is 4.72 Å². The van der Waals surface area contributed by atoms with Crippen LogP contribution in [0.3, 0.4) is 0 Å². The van der Waals surface area contributed by atoms with E-state index in [1.54, 1.807) is 43.3 Å². The molecule has 0 heterocycles. The summed E-state index contributed by atoms with van der Waals surface area (Å²) in [6.07, 6.45) is 0. The second-order valence-electron chi connectivity index (χ2n) is 4.64. The van der Waals surface area contributed by atoms with Crippen LogP contribution in [0.15, 0.2) is 54.6 Å². The first-order chi connectivity index (χ1) is 9.46. The molecule has 0 aliphatic carbocycles. The van der Waals surface area contributed by atoms with Crippen molar-refractivity contribution in [2.45, 2.75) is 18.7 Å². The molecule has 0 bridgehead atoms. The lowest BCUT2D eigenvalue weighted by molar-refractivity contribution is 0.565. The molecule has 3 nitrogen and oxygen atoms in total. The summed E-state index contributed by atoms with van der Waals surface area (Å²) in [6.45, 7) is 1.73. The van der Waals surface area contributed by atoms with E-state index in [-0.39, 0.29) is 11.6 Å². The van der Waals surface area contributed by atoms with Gasteiger partial charge in [-0.1, -0.05) is 42.5 Å². The number of sulfonamides is 1. The Morgan fingerprint density at radius 2 is 1.65 bits per heavy atom. The maximum absolute atomic E-state index is 12.8. The number of nitrogens with one attached hydrogen (secondary N) is 1. The smallest absolute Gasteiger partial charge is 0.212 e. The number of hydrogen-bond donors (Lipinski definition) is 1. The Hall–Kier alpha value is -1.72. The average Bonchev–Trinajstić information content (AvgIpc) is 2.39. The van der Waals surface area contributed by atoms with Gasteiger partial charge in [0.1, 0.15) is 5.82 Å². The van der Waals surface area contributed by atoms with E-state index in [1.165, 1.54) is 12.1 Å². The van der Waals surface area contributed by atoms with Gasteiger partial charge in [-0.05, 0) is 30.2 Å². The van der Waals surface area contributed by atoms with Crippen molar-refractivity contribution in [3.8, 4) is 0 Å². The summed E-state index contributed by atoms with van der Waals surface area (Å²) in [5.74, 6) is -0.410. The summed E-state index contributed by atoms with van der Waals surface area (Å²) in [5, 5.41) is 0. The highest BCUT2D eigenvalue weighted by molar-refractivity contribution is 7.88. The average molecular weight is 293 g/mol. The minimum absolute atomic E-state index is 0.0701. The van der Waals surface area contributed by atoms with Crippen LogP contribution in [0.1, 0.15) is 24.1 Å². The third kappa shape index (κ3) is 4.15. The molecule has 20 heavy (non-hydrogen) atoms. The van der Waals surface area contributed by atoms with Crippen molar-refractivity contribution in [3.63, 3.8) is 0 Å². The largest absolute Gasteiger partial charge is 0.216 e. The minimum Gasteiger partial charge on any atom is -0.212 e. The highest BCUT2D eigenvalue weighted by Crippen LogP contribution is 2.15. The fraction of sp³-hybridized carbons (Fsp3) is 0.200. The Morgan fingerprint density at radius 3 is 2.25 bits per heavy atom. The van der Waals surface area contributed by atoms with Gasteiger partial charge in [-0.25, -0.2) is 17.5 Å². The number of hydrogen-bond acceptors (Lipinski definition) is 2. The van der Waals surface area contributed by atoms with Gasteiger partial charge in [0.25, 0.3) is 0 Å². The highest BCUT2D eigenvalue weighted by Gasteiger charge is 2.16. The Morgan fingerprint density at radius 1 is 1.05 bits per heavy atom.